The molecule has 1 unspecified atom stereocenters. The van der Waals surface area contributed by atoms with E-state index in [2.05, 4.69) is 23.0 Å². The van der Waals surface area contributed by atoms with Gasteiger partial charge in [-0.15, -0.1) is 0 Å². The van der Waals surface area contributed by atoms with Crippen LogP contribution in [-0.2, 0) is 16.1 Å². The second-order valence-corrected chi connectivity index (χ2v) is 9.67. The molecule has 0 aliphatic carbocycles. The molecule has 1 aromatic carbocycles. The van der Waals surface area contributed by atoms with Crippen molar-refractivity contribution in [2.24, 2.45) is 5.92 Å². The van der Waals surface area contributed by atoms with Crippen LogP contribution in [0.1, 0.15) is 35.8 Å². The number of pyridine rings is 1. The first-order chi connectivity index (χ1) is 17.5. The van der Waals surface area contributed by atoms with E-state index in [0.29, 0.717) is 32.0 Å². The fourth-order valence-corrected chi connectivity index (χ4v) is 4.98. The Balaban J connectivity index is 1.19. The number of amides is 2. The monoisotopic (exact) mass is 494 g/mol. The Bertz CT molecular complexity index is 1080. The highest BCUT2D eigenvalue weighted by Crippen LogP contribution is 2.35. The molecule has 0 N–H and O–H groups in total. The van der Waals surface area contributed by atoms with Crippen LogP contribution in [0, 0.1) is 5.92 Å². The number of ether oxygens (including phenoxy) is 3. The van der Waals surface area contributed by atoms with Crippen molar-refractivity contribution < 1.29 is 23.8 Å². The van der Waals surface area contributed by atoms with Crippen LogP contribution in [0.4, 0.5) is 4.79 Å². The van der Waals surface area contributed by atoms with Crippen molar-refractivity contribution in [2.75, 3.05) is 52.9 Å². The first kappa shape index (κ1) is 24.5. The molecule has 0 radical (unpaired) electrons. The number of fused-ring (bicyclic) bond motifs is 1. The minimum atomic E-state index is -0.311. The molecule has 192 valence electrons. The van der Waals surface area contributed by atoms with Gasteiger partial charge in [-0.25, -0.2) is 4.79 Å². The predicted molar refractivity (Wildman–Crippen MR) is 134 cm³/mol. The second kappa shape index (κ2) is 10.8. The summed E-state index contributed by atoms with van der Waals surface area (Å²) in [5.41, 5.74) is 3.42. The number of carbonyl (C=O) groups excluding carboxylic acids is 2. The number of carbonyl (C=O) groups is 2. The van der Waals surface area contributed by atoms with Crippen LogP contribution in [0.15, 0.2) is 36.5 Å². The molecule has 1 aromatic heterocycles. The summed E-state index contributed by atoms with van der Waals surface area (Å²) in [7, 11) is 2.07. The first-order valence-corrected chi connectivity index (χ1v) is 12.8. The fraction of sp³-hybridized carbons (Fsp3) is 0.519. The van der Waals surface area contributed by atoms with Gasteiger partial charge in [-0.05, 0) is 50.6 Å². The summed E-state index contributed by atoms with van der Waals surface area (Å²) < 4.78 is 17.4. The van der Waals surface area contributed by atoms with Crippen LogP contribution in [0.2, 0.25) is 0 Å². The maximum absolute atomic E-state index is 12.8. The van der Waals surface area contributed by atoms with Crippen LogP contribution in [0.5, 0.6) is 5.75 Å². The summed E-state index contributed by atoms with van der Waals surface area (Å²) in [5, 5.41) is 0. The highest BCUT2D eigenvalue weighted by Gasteiger charge is 2.33. The normalized spacial score (nSPS) is 21.0. The van der Waals surface area contributed by atoms with Crippen LogP contribution in [0.25, 0.3) is 11.1 Å². The van der Waals surface area contributed by atoms with Gasteiger partial charge < -0.3 is 28.9 Å². The van der Waals surface area contributed by atoms with Crippen molar-refractivity contribution in [3.63, 3.8) is 0 Å². The molecule has 2 saturated heterocycles. The average Bonchev–Trinajstić information content (AvgIpc) is 2.93. The van der Waals surface area contributed by atoms with Gasteiger partial charge in [0.05, 0.1) is 13.2 Å². The summed E-state index contributed by atoms with van der Waals surface area (Å²) in [5.74, 6) is 1.05. The largest absolute Gasteiger partial charge is 0.464 e. The number of rotatable bonds is 4. The van der Waals surface area contributed by atoms with E-state index in [-0.39, 0.29) is 24.2 Å². The molecule has 9 nitrogen and oxygen atoms in total. The summed E-state index contributed by atoms with van der Waals surface area (Å²) in [6.45, 7) is 7.22. The van der Waals surface area contributed by atoms with Crippen LogP contribution in [-0.4, -0.2) is 90.9 Å². The number of aromatic nitrogens is 1. The maximum atomic E-state index is 12.8. The molecule has 36 heavy (non-hydrogen) atoms. The van der Waals surface area contributed by atoms with E-state index >= 15 is 0 Å². The van der Waals surface area contributed by atoms with Gasteiger partial charge in [-0.1, -0.05) is 12.1 Å². The number of piperidine rings is 1. The van der Waals surface area contributed by atoms with Crippen molar-refractivity contribution in [2.45, 2.75) is 32.7 Å². The Morgan fingerprint density at radius 3 is 2.44 bits per heavy atom. The lowest BCUT2D eigenvalue weighted by molar-refractivity contribution is -0.148. The van der Waals surface area contributed by atoms with Crippen molar-refractivity contribution in [1.29, 1.82) is 0 Å². The Kier molecular flexibility index (Phi) is 7.38. The van der Waals surface area contributed by atoms with Crippen molar-refractivity contribution in [3.05, 3.63) is 47.8 Å². The fourth-order valence-electron chi connectivity index (χ4n) is 4.98. The number of likely N-dealkylation sites (N-methyl/N-ethyl adjacent to an activating group) is 1. The maximum Gasteiger partial charge on any atom is 0.409 e. The SMILES string of the molecule is CCOC(=O)N1CCC(C2OCc3cc(-c4ccc(C(=O)N5CCN(C)CC5)nc4)ccc3O2)CC1. The topological polar surface area (TPSA) is 84.4 Å². The molecule has 3 aliphatic rings. The third kappa shape index (κ3) is 5.32. The molecule has 0 bridgehead atoms. The molecule has 9 heteroatoms. The van der Waals surface area contributed by atoms with E-state index in [1.165, 1.54) is 0 Å². The highest BCUT2D eigenvalue weighted by molar-refractivity contribution is 5.92. The lowest BCUT2D eigenvalue weighted by Crippen LogP contribution is -2.47. The molecular formula is C27H34N4O5. The summed E-state index contributed by atoms with van der Waals surface area (Å²) in [6.07, 6.45) is 2.85. The Labute approximate surface area is 211 Å². The minimum Gasteiger partial charge on any atom is -0.464 e. The predicted octanol–water partition coefficient (Wildman–Crippen LogP) is 3.24. The van der Waals surface area contributed by atoms with Gasteiger partial charge in [0.2, 0.25) is 6.29 Å². The average molecular weight is 495 g/mol. The Morgan fingerprint density at radius 1 is 1.00 bits per heavy atom. The molecule has 4 heterocycles. The quantitative estimate of drug-likeness (QED) is 0.645. The van der Waals surface area contributed by atoms with Gasteiger partial charge in [0, 0.05) is 62.5 Å². The number of hydrogen-bond acceptors (Lipinski definition) is 7. The lowest BCUT2D eigenvalue weighted by Gasteiger charge is -2.37. The van der Waals surface area contributed by atoms with Gasteiger partial charge in [-0.3, -0.25) is 9.78 Å². The van der Waals surface area contributed by atoms with Crippen molar-refractivity contribution >= 4 is 12.0 Å². The minimum absolute atomic E-state index is 0.0129. The molecule has 5 rings (SSSR count). The molecule has 0 spiro atoms. The molecule has 2 fully saturated rings. The zero-order chi connectivity index (χ0) is 25.1. The zero-order valence-electron chi connectivity index (χ0n) is 21.0. The van der Waals surface area contributed by atoms with Crippen LogP contribution >= 0.6 is 0 Å². The number of piperazine rings is 1. The van der Waals surface area contributed by atoms with E-state index in [0.717, 1.165) is 61.5 Å². The zero-order valence-corrected chi connectivity index (χ0v) is 21.0. The van der Waals surface area contributed by atoms with E-state index in [4.69, 9.17) is 14.2 Å². The van der Waals surface area contributed by atoms with E-state index in [1.54, 1.807) is 17.2 Å². The first-order valence-electron chi connectivity index (χ1n) is 12.8. The molecule has 2 aromatic rings. The third-order valence-corrected chi connectivity index (χ3v) is 7.26. The molecular weight excluding hydrogens is 460 g/mol. The standard InChI is InChI=1S/C27H34N4O5/c1-3-34-27(33)31-10-8-19(9-11-31)26-35-18-22-16-20(5-7-24(22)36-26)21-4-6-23(28-17-21)25(32)30-14-12-29(2)13-15-30/h4-7,16-17,19,26H,3,8-15,18H2,1-2H3. The van der Waals surface area contributed by atoms with E-state index in [9.17, 15) is 9.59 Å². The van der Waals surface area contributed by atoms with Crippen molar-refractivity contribution in [3.8, 4) is 16.9 Å². The van der Waals surface area contributed by atoms with Gasteiger partial charge in [0.15, 0.2) is 0 Å². The number of benzene rings is 1. The third-order valence-electron chi connectivity index (χ3n) is 7.26. The summed E-state index contributed by atoms with van der Waals surface area (Å²) in [6, 6.07) is 9.82. The highest BCUT2D eigenvalue weighted by atomic mass is 16.7. The van der Waals surface area contributed by atoms with Crippen molar-refractivity contribution in [1.82, 2.24) is 19.7 Å². The smallest absolute Gasteiger partial charge is 0.409 e. The molecule has 3 aliphatic heterocycles. The van der Waals surface area contributed by atoms with Crippen LogP contribution < -0.4 is 4.74 Å². The van der Waals surface area contributed by atoms with Gasteiger partial charge >= 0.3 is 6.09 Å². The Hall–Kier alpha value is -3.17. The number of hydrogen-bond donors (Lipinski definition) is 0. The molecule has 1 atom stereocenters. The van der Waals surface area contributed by atoms with Gasteiger partial charge in [0.1, 0.15) is 11.4 Å². The van der Waals surface area contributed by atoms with E-state index < -0.39 is 0 Å². The van der Waals surface area contributed by atoms with Crippen LogP contribution in [0.3, 0.4) is 0 Å². The van der Waals surface area contributed by atoms with Gasteiger partial charge in [-0.2, -0.15) is 0 Å². The van der Waals surface area contributed by atoms with E-state index in [1.807, 2.05) is 30.0 Å². The molecule has 0 saturated carbocycles. The summed E-state index contributed by atoms with van der Waals surface area (Å²) >= 11 is 0. The second-order valence-electron chi connectivity index (χ2n) is 9.67. The number of nitrogens with zero attached hydrogens (tertiary/aromatic N) is 4. The summed E-state index contributed by atoms with van der Waals surface area (Å²) in [4.78, 5) is 35.0. The number of likely N-dealkylation sites (tertiary alicyclic amines) is 1. The Morgan fingerprint density at radius 2 is 1.75 bits per heavy atom. The lowest BCUT2D eigenvalue weighted by atomic mass is 9.95. The van der Waals surface area contributed by atoms with Gasteiger partial charge in [0.25, 0.3) is 5.91 Å². The molecule has 2 amide bonds.